The molecule has 0 saturated carbocycles. The number of aliphatic hydroxyl groups excluding tert-OH is 1. The van der Waals surface area contributed by atoms with E-state index in [1.165, 1.54) is 0 Å². The van der Waals surface area contributed by atoms with Gasteiger partial charge in [-0.05, 0) is 6.42 Å². The first kappa shape index (κ1) is 8.69. The molecule has 0 aliphatic heterocycles. The van der Waals surface area contributed by atoms with Crippen LogP contribution in [0.15, 0.2) is 11.6 Å². The van der Waals surface area contributed by atoms with Gasteiger partial charge in [-0.3, -0.25) is 4.57 Å². The monoisotopic (exact) mass is 152 g/mol. The predicted octanol–water partition coefficient (Wildman–Crippen LogP) is 0.974. The van der Waals surface area contributed by atoms with Gasteiger partial charge in [0.25, 0.3) is 0 Å². The fraction of sp³-hybridized carbons (Fsp3) is 0.500. The quantitative estimate of drug-likeness (QED) is 0.407. The lowest BCUT2D eigenvalue weighted by molar-refractivity contribution is 0.376. The highest BCUT2D eigenvalue weighted by molar-refractivity contribution is 7.56. The first-order valence-electron chi connectivity index (χ1n) is 2.41. The molecule has 3 N–H and O–H groups in total. The Balaban J connectivity index is 4.34. The molecule has 0 aromatic rings. The van der Waals surface area contributed by atoms with Crippen molar-refractivity contribution in [3.05, 3.63) is 11.6 Å². The summed E-state index contributed by atoms with van der Waals surface area (Å²) in [5.74, 6) is 0. The maximum Gasteiger partial charge on any atom is 0.355 e. The van der Waals surface area contributed by atoms with Crippen molar-refractivity contribution >= 4 is 7.60 Å². The van der Waals surface area contributed by atoms with Crippen molar-refractivity contribution in [2.75, 3.05) is 0 Å². The minimum Gasteiger partial charge on any atom is -0.515 e. The molecule has 4 nitrogen and oxygen atoms in total. The van der Waals surface area contributed by atoms with Crippen molar-refractivity contribution in [3.8, 4) is 0 Å². The lowest BCUT2D eigenvalue weighted by Gasteiger charge is -2.02. The number of aliphatic hydroxyl groups is 1. The third-order valence-corrected chi connectivity index (χ3v) is 2.07. The van der Waals surface area contributed by atoms with E-state index >= 15 is 0 Å². The second-order valence-electron chi connectivity index (χ2n) is 1.52. The van der Waals surface area contributed by atoms with E-state index in [2.05, 4.69) is 0 Å². The Morgan fingerprint density at radius 3 is 2.11 bits per heavy atom. The Morgan fingerprint density at radius 1 is 1.67 bits per heavy atom. The summed E-state index contributed by atoms with van der Waals surface area (Å²) < 4.78 is 10.3. The van der Waals surface area contributed by atoms with Gasteiger partial charge in [0.1, 0.15) is 0 Å². The lowest BCUT2D eigenvalue weighted by atomic mass is 10.5. The topological polar surface area (TPSA) is 77.8 Å². The van der Waals surface area contributed by atoms with Gasteiger partial charge >= 0.3 is 7.60 Å². The summed E-state index contributed by atoms with van der Waals surface area (Å²) >= 11 is 0. The lowest BCUT2D eigenvalue weighted by Crippen LogP contribution is -1.82. The molecule has 0 heterocycles. The largest absolute Gasteiger partial charge is 0.515 e. The van der Waals surface area contributed by atoms with Crippen LogP contribution in [0.5, 0.6) is 0 Å². The van der Waals surface area contributed by atoms with Crippen LogP contribution < -0.4 is 0 Å². The van der Waals surface area contributed by atoms with Crippen molar-refractivity contribution in [1.82, 2.24) is 0 Å². The molecule has 54 valence electrons. The minimum atomic E-state index is -4.16. The van der Waals surface area contributed by atoms with Crippen molar-refractivity contribution in [3.63, 3.8) is 0 Å². The van der Waals surface area contributed by atoms with Gasteiger partial charge in [0.05, 0.1) is 11.6 Å². The molecule has 0 aromatic heterocycles. The smallest absolute Gasteiger partial charge is 0.355 e. The zero-order chi connectivity index (χ0) is 7.49. The summed E-state index contributed by atoms with van der Waals surface area (Å²) in [7, 11) is -4.16. The van der Waals surface area contributed by atoms with E-state index < -0.39 is 7.60 Å². The van der Waals surface area contributed by atoms with E-state index in [-0.39, 0.29) is 11.7 Å². The normalized spacial score (nSPS) is 13.9. The molecule has 0 fully saturated rings. The fourth-order valence-electron chi connectivity index (χ4n) is 0.372. The van der Waals surface area contributed by atoms with Gasteiger partial charge in [-0.25, -0.2) is 0 Å². The second kappa shape index (κ2) is 3.01. The van der Waals surface area contributed by atoms with Gasteiger partial charge in [-0.15, -0.1) is 0 Å². The van der Waals surface area contributed by atoms with Gasteiger partial charge < -0.3 is 14.9 Å². The number of hydrogen-bond acceptors (Lipinski definition) is 2. The molecular formula is C4H9O4P. The van der Waals surface area contributed by atoms with Crippen LogP contribution in [0.25, 0.3) is 0 Å². The van der Waals surface area contributed by atoms with Crippen LogP contribution in [0.4, 0.5) is 0 Å². The van der Waals surface area contributed by atoms with Gasteiger partial charge in [-0.1, -0.05) is 6.92 Å². The fourth-order valence-corrected chi connectivity index (χ4v) is 0.935. The van der Waals surface area contributed by atoms with Gasteiger partial charge in [0.2, 0.25) is 0 Å². The molecule has 0 saturated heterocycles. The average Bonchev–Trinajstić information content (AvgIpc) is 1.65. The molecule has 0 atom stereocenters. The average molecular weight is 152 g/mol. The Kier molecular flexibility index (Phi) is 2.91. The molecule has 5 heteroatoms. The molecule has 0 aliphatic rings. The summed E-state index contributed by atoms with van der Waals surface area (Å²) in [6.45, 7) is 1.56. The molecule has 0 bridgehead atoms. The van der Waals surface area contributed by atoms with E-state index in [4.69, 9.17) is 14.9 Å². The molecule has 0 radical (unpaired) electrons. The highest BCUT2D eigenvalue weighted by atomic mass is 31.2. The number of allylic oxidation sites excluding steroid dienone is 1. The number of hydrogen-bond donors (Lipinski definition) is 3. The summed E-state index contributed by atoms with van der Waals surface area (Å²) in [4.78, 5) is 16.7. The van der Waals surface area contributed by atoms with Crippen molar-refractivity contribution < 1.29 is 19.5 Å². The van der Waals surface area contributed by atoms with Crippen LogP contribution >= 0.6 is 7.60 Å². The molecule has 9 heavy (non-hydrogen) atoms. The van der Waals surface area contributed by atoms with Gasteiger partial charge in [-0.2, -0.15) is 0 Å². The molecule has 0 rings (SSSR count). The second-order valence-corrected chi connectivity index (χ2v) is 3.18. The van der Waals surface area contributed by atoms with Crippen molar-refractivity contribution in [2.45, 2.75) is 13.3 Å². The molecule has 0 aromatic carbocycles. The van der Waals surface area contributed by atoms with Crippen molar-refractivity contribution in [1.29, 1.82) is 0 Å². The van der Waals surface area contributed by atoms with Crippen LogP contribution in [0.1, 0.15) is 13.3 Å². The third-order valence-electron chi connectivity index (χ3n) is 0.885. The molecule has 0 aliphatic carbocycles. The van der Waals surface area contributed by atoms with Gasteiger partial charge in [0.15, 0.2) is 0 Å². The van der Waals surface area contributed by atoms with Crippen molar-refractivity contribution in [2.24, 2.45) is 0 Å². The zero-order valence-corrected chi connectivity index (χ0v) is 5.88. The summed E-state index contributed by atoms with van der Waals surface area (Å²) in [6, 6.07) is 0. The zero-order valence-electron chi connectivity index (χ0n) is 4.98. The minimum absolute atomic E-state index is 0.167. The third kappa shape index (κ3) is 2.65. The molecular weight excluding hydrogens is 143 g/mol. The van der Waals surface area contributed by atoms with Crippen LogP contribution in [0, 0.1) is 0 Å². The predicted molar refractivity (Wildman–Crippen MR) is 33.0 cm³/mol. The number of rotatable bonds is 2. The Labute approximate surface area is 53.0 Å². The van der Waals surface area contributed by atoms with E-state index in [0.717, 1.165) is 0 Å². The maximum atomic E-state index is 10.3. The summed E-state index contributed by atoms with van der Waals surface area (Å²) in [5.41, 5.74) is 0. The van der Waals surface area contributed by atoms with Crippen LogP contribution in [-0.2, 0) is 4.57 Å². The van der Waals surface area contributed by atoms with E-state index in [1.807, 2.05) is 0 Å². The van der Waals surface area contributed by atoms with Crippen LogP contribution in [0.2, 0.25) is 0 Å². The first-order valence-corrected chi connectivity index (χ1v) is 4.03. The highest BCUT2D eigenvalue weighted by Crippen LogP contribution is 2.45. The Morgan fingerprint density at radius 2 is 2.11 bits per heavy atom. The Hall–Kier alpha value is -0.310. The van der Waals surface area contributed by atoms with Gasteiger partial charge in [0, 0.05) is 0 Å². The molecule has 0 unspecified atom stereocenters. The van der Waals surface area contributed by atoms with E-state index in [9.17, 15) is 4.57 Å². The van der Waals surface area contributed by atoms with E-state index in [1.54, 1.807) is 6.92 Å². The van der Waals surface area contributed by atoms with Crippen LogP contribution in [-0.4, -0.2) is 14.9 Å². The maximum absolute atomic E-state index is 10.3. The SMILES string of the molecule is CC/C(=C\O)P(=O)(O)O. The van der Waals surface area contributed by atoms with Crippen LogP contribution in [0.3, 0.4) is 0 Å². The summed E-state index contributed by atoms with van der Waals surface area (Å²) in [5, 5.41) is 7.97. The standard InChI is InChI=1S/C4H9O4P/c1-2-4(3-5)9(6,7)8/h3,5H,2H2,1H3,(H2,6,7,8)/b4-3+. The highest BCUT2D eigenvalue weighted by Gasteiger charge is 2.18. The first-order chi connectivity index (χ1) is 4.02. The summed E-state index contributed by atoms with van der Waals surface area (Å²) in [6.07, 6.45) is 0.627. The van der Waals surface area contributed by atoms with E-state index in [0.29, 0.717) is 6.26 Å². The Bertz CT molecular complexity index is 156. The molecule has 0 amide bonds. The molecule has 0 spiro atoms.